The molecule has 0 fully saturated rings. The fourth-order valence-corrected chi connectivity index (χ4v) is 1.47. The van der Waals surface area contributed by atoms with E-state index in [9.17, 15) is 9.59 Å². The fraction of sp³-hybridized carbons (Fsp3) is 0.0909. The number of primary amides is 1. The lowest BCUT2D eigenvalue weighted by Gasteiger charge is -2.02. The third-order valence-corrected chi connectivity index (χ3v) is 2.20. The Hall–Kier alpha value is -2.50. The van der Waals surface area contributed by atoms with Crippen LogP contribution in [0.2, 0.25) is 0 Å². The lowest BCUT2D eigenvalue weighted by atomic mass is 10.2. The summed E-state index contributed by atoms with van der Waals surface area (Å²) in [6, 6.07) is 6.45. The molecule has 2 aromatic rings. The van der Waals surface area contributed by atoms with E-state index < -0.39 is 11.9 Å². The van der Waals surface area contributed by atoms with Crippen molar-refractivity contribution in [1.82, 2.24) is 4.98 Å². The average molecular weight is 234 g/mol. The SMILES string of the molecule is NC(=O)COc1ccc2[nH]c(C(=O)O)cc2c1. The molecule has 88 valence electrons. The molecule has 1 heterocycles. The molecule has 0 spiro atoms. The van der Waals surface area contributed by atoms with Crippen molar-refractivity contribution in [1.29, 1.82) is 0 Å². The van der Waals surface area contributed by atoms with Crippen LogP contribution in [0.3, 0.4) is 0 Å². The maximum Gasteiger partial charge on any atom is 0.352 e. The van der Waals surface area contributed by atoms with Gasteiger partial charge in [0.1, 0.15) is 11.4 Å². The van der Waals surface area contributed by atoms with Crippen LogP contribution in [0.5, 0.6) is 5.75 Å². The van der Waals surface area contributed by atoms with Gasteiger partial charge in [-0.15, -0.1) is 0 Å². The third-order valence-electron chi connectivity index (χ3n) is 2.20. The Labute approximate surface area is 96.0 Å². The number of carboxylic acid groups (broad SMARTS) is 1. The second-order valence-electron chi connectivity index (χ2n) is 3.49. The molecule has 0 saturated heterocycles. The van der Waals surface area contributed by atoms with Crippen molar-refractivity contribution in [2.75, 3.05) is 6.61 Å². The summed E-state index contributed by atoms with van der Waals surface area (Å²) < 4.78 is 5.11. The first-order chi connectivity index (χ1) is 8.06. The van der Waals surface area contributed by atoms with Crippen LogP contribution in [0.15, 0.2) is 24.3 Å². The van der Waals surface area contributed by atoms with Gasteiger partial charge in [-0.05, 0) is 24.3 Å². The molecule has 0 atom stereocenters. The van der Waals surface area contributed by atoms with Crippen LogP contribution < -0.4 is 10.5 Å². The molecular weight excluding hydrogens is 224 g/mol. The van der Waals surface area contributed by atoms with E-state index in [4.69, 9.17) is 15.6 Å². The predicted molar refractivity (Wildman–Crippen MR) is 59.9 cm³/mol. The van der Waals surface area contributed by atoms with Gasteiger partial charge in [0.15, 0.2) is 6.61 Å². The van der Waals surface area contributed by atoms with Crippen molar-refractivity contribution < 1.29 is 19.4 Å². The van der Waals surface area contributed by atoms with Gasteiger partial charge in [-0.1, -0.05) is 0 Å². The number of carboxylic acids is 1. The summed E-state index contributed by atoms with van der Waals surface area (Å²) >= 11 is 0. The summed E-state index contributed by atoms with van der Waals surface area (Å²) in [5, 5.41) is 9.51. The molecule has 6 nitrogen and oxygen atoms in total. The first-order valence-corrected chi connectivity index (χ1v) is 4.83. The molecule has 1 aromatic carbocycles. The Balaban J connectivity index is 2.30. The van der Waals surface area contributed by atoms with Crippen molar-refractivity contribution >= 4 is 22.8 Å². The van der Waals surface area contributed by atoms with E-state index in [0.717, 1.165) is 0 Å². The molecule has 0 aliphatic carbocycles. The minimum absolute atomic E-state index is 0.104. The first-order valence-electron chi connectivity index (χ1n) is 4.83. The summed E-state index contributed by atoms with van der Waals surface area (Å²) in [5.74, 6) is -1.13. The van der Waals surface area contributed by atoms with Crippen LogP contribution in [0.25, 0.3) is 10.9 Å². The topological polar surface area (TPSA) is 105 Å². The number of aromatic nitrogens is 1. The van der Waals surface area contributed by atoms with Crippen molar-refractivity contribution in [3.05, 3.63) is 30.0 Å². The highest BCUT2D eigenvalue weighted by molar-refractivity contribution is 5.94. The molecule has 2 rings (SSSR count). The number of fused-ring (bicyclic) bond motifs is 1. The van der Waals surface area contributed by atoms with E-state index in [1.165, 1.54) is 6.07 Å². The molecule has 4 N–H and O–H groups in total. The van der Waals surface area contributed by atoms with Crippen LogP contribution in [0.1, 0.15) is 10.5 Å². The lowest BCUT2D eigenvalue weighted by Crippen LogP contribution is -2.19. The number of amides is 1. The number of nitrogens with two attached hydrogens (primary N) is 1. The zero-order valence-corrected chi connectivity index (χ0v) is 8.77. The zero-order chi connectivity index (χ0) is 12.4. The van der Waals surface area contributed by atoms with Crippen molar-refractivity contribution in [2.24, 2.45) is 5.73 Å². The van der Waals surface area contributed by atoms with E-state index in [-0.39, 0.29) is 12.3 Å². The number of carbonyl (C=O) groups is 2. The quantitative estimate of drug-likeness (QED) is 0.725. The van der Waals surface area contributed by atoms with Crippen molar-refractivity contribution in [3.8, 4) is 5.75 Å². The van der Waals surface area contributed by atoms with E-state index >= 15 is 0 Å². The first kappa shape index (κ1) is 11.0. The van der Waals surface area contributed by atoms with Crippen molar-refractivity contribution in [3.63, 3.8) is 0 Å². The highest BCUT2D eigenvalue weighted by atomic mass is 16.5. The normalized spacial score (nSPS) is 10.4. The zero-order valence-electron chi connectivity index (χ0n) is 8.77. The molecule has 0 bridgehead atoms. The van der Waals surface area contributed by atoms with Gasteiger partial charge < -0.3 is 20.6 Å². The van der Waals surface area contributed by atoms with E-state index in [1.54, 1.807) is 18.2 Å². The van der Waals surface area contributed by atoms with Crippen LogP contribution >= 0.6 is 0 Å². The molecule has 0 radical (unpaired) electrons. The number of benzene rings is 1. The van der Waals surface area contributed by atoms with Gasteiger partial charge in [-0.2, -0.15) is 0 Å². The van der Waals surface area contributed by atoms with Crippen molar-refractivity contribution in [2.45, 2.75) is 0 Å². The molecular formula is C11H10N2O4. The van der Waals surface area contributed by atoms with Gasteiger partial charge in [-0.3, -0.25) is 4.79 Å². The Morgan fingerprint density at radius 1 is 1.35 bits per heavy atom. The summed E-state index contributed by atoms with van der Waals surface area (Å²) in [6.45, 7) is -0.207. The predicted octanol–water partition coefficient (Wildman–Crippen LogP) is 0.730. The Morgan fingerprint density at radius 3 is 2.76 bits per heavy atom. The average Bonchev–Trinajstić information content (AvgIpc) is 2.69. The minimum atomic E-state index is -1.03. The van der Waals surface area contributed by atoms with Gasteiger partial charge in [0.2, 0.25) is 0 Å². The molecule has 1 aromatic heterocycles. The van der Waals surface area contributed by atoms with Crippen LogP contribution in [0.4, 0.5) is 0 Å². The number of nitrogens with one attached hydrogen (secondary N) is 1. The lowest BCUT2D eigenvalue weighted by molar-refractivity contribution is -0.119. The van der Waals surface area contributed by atoms with Gasteiger partial charge in [0, 0.05) is 10.9 Å². The van der Waals surface area contributed by atoms with Gasteiger partial charge in [-0.25, -0.2) is 4.79 Å². The maximum atomic E-state index is 10.7. The molecule has 17 heavy (non-hydrogen) atoms. The van der Waals surface area contributed by atoms with E-state index in [1.807, 2.05) is 0 Å². The Morgan fingerprint density at radius 2 is 2.12 bits per heavy atom. The maximum absolute atomic E-state index is 10.7. The molecule has 0 unspecified atom stereocenters. The van der Waals surface area contributed by atoms with E-state index in [0.29, 0.717) is 16.7 Å². The molecule has 0 saturated carbocycles. The molecule has 0 aliphatic rings. The number of carbonyl (C=O) groups excluding carboxylic acids is 1. The minimum Gasteiger partial charge on any atom is -0.484 e. The molecule has 0 aliphatic heterocycles. The highest BCUT2D eigenvalue weighted by Gasteiger charge is 2.08. The Kier molecular flexibility index (Phi) is 2.70. The van der Waals surface area contributed by atoms with Gasteiger partial charge >= 0.3 is 5.97 Å². The standard InChI is InChI=1S/C11H10N2O4/c12-10(14)5-17-7-1-2-8-6(3-7)4-9(13-8)11(15)16/h1-4,13H,5H2,(H2,12,14)(H,15,16). The monoisotopic (exact) mass is 234 g/mol. The number of H-pyrrole nitrogens is 1. The van der Waals surface area contributed by atoms with Crippen LogP contribution in [0, 0.1) is 0 Å². The second-order valence-corrected chi connectivity index (χ2v) is 3.49. The summed E-state index contributed by atoms with van der Waals surface area (Å²) in [6.07, 6.45) is 0. The molecule has 1 amide bonds. The number of ether oxygens (including phenoxy) is 1. The second kappa shape index (κ2) is 4.17. The summed E-state index contributed by atoms with van der Waals surface area (Å²) in [5.41, 5.74) is 5.74. The third kappa shape index (κ3) is 2.36. The Bertz CT molecular complexity index is 588. The number of hydrogen-bond donors (Lipinski definition) is 3. The van der Waals surface area contributed by atoms with Gasteiger partial charge in [0.25, 0.3) is 5.91 Å². The summed E-state index contributed by atoms with van der Waals surface area (Å²) in [7, 11) is 0. The number of rotatable bonds is 4. The number of aromatic carboxylic acids is 1. The largest absolute Gasteiger partial charge is 0.484 e. The summed E-state index contributed by atoms with van der Waals surface area (Å²) in [4.78, 5) is 24.0. The van der Waals surface area contributed by atoms with Crippen LogP contribution in [-0.2, 0) is 4.79 Å². The van der Waals surface area contributed by atoms with Crippen LogP contribution in [-0.4, -0.2) is 28.6 Å². The van der Waals surface area contributed by atoms with E-state index in [2.05, 4.69) is 4.98 Å². The number of aromatic amines is 1. The fourth-order valence-electron chi connectivity index (χ4n) is 1.47. The smallest absolute Gasteiger partial charge is 0.352 e. The molecule has 6 heteroatoms. The number of hydrogen-bond acceptors (Lipinski definition) is 3. The van der Waals surface area contributed by atoms with Gasteiger partial charge in [0.05, 0.1) is 0 Å². The highest BCUT2D eigenvalue weighted by Crippen LogP contribution is 2.21.